The molecule has 0 fully saturated rings. The van der Waals surface area contributed by atoms with E-state index < -0.39 is 0 Å². The highest BCUT2D eigenvalue weighted by atomic mass is 35.5. The fourth-order valence-electron chi connectivity index (χ4n) is 2.10. The molecule has 2 rings (SSSR count). The maximum Gasteiger partial charge on any atom is 0.170 e. The van der Waals surface area contributed by atoms with Gasteiger partial charge in [-0.3, -0.25) is 0 Å². The number of benzene rings is 2. The number of hydrogen-bond donors (Lipinski definition) is 2. The summed E-state index contributed by atoms with van der Waals surface area (Å²) in [6.07, 6.45) is 2.09. The molecule has 4 heteroatoms. The van der Waals surface area contributed by atoms with Crippen molar-refractivity contribution in [2.45, 2.75) is 26.7 Å². The molecule has 0 amide bonds. The van der Waals surface area contributed by atoms with Gasteiger partial charge in [-0.25, -0.2) is 0 Å². The summed E-state index contributed by atoms with van der Waals surface area (Å²) in [4.78, 5) is 0. The first-order valence-corrected chi connectivity index (χ1v) is 8.20. The van der Waals surface area contributed by atoms with E-state index in [9.17, 15) is 0 Å². The van der Waals surface area contributed by atoms with E-state index in [1.165, 1.54) is 11.1 Å². The van der Waals surface area contributed by atoms with Crippen molar-refractivity contribution >= 4 is 34.6 Å². The summed E-state index contributed by atoms with van der Waals surface area (Å²) in [6, 6.07) is 14.5. The summed E-state index contributed by atoms with van der Waals surface area (Å²) in [6.45, 7) is 4.93. The Labute approximate surface area is 142 Å². The van der Waals surface area contributed by atoms with Gasteiger partial charge in [0.25, 0.3) is 0 Å². The van der Waals surface area contributed by atoms with Gasteiger partial charge in [-0.1, -0.05) is 47.5 Å². The Kier molecular flexibility index (Phi) is 6.22. The Balaban J connectivity index is 1.71. The molecule has 0 aromatic heterocycles. The maximum absolute atomic E-state index is 6.10. The van der Waals surface area contributed by atoms with Crippen LogP contribution in [0.3, 0.4) is 0 Å². The number of nitrogens with one attached hydrogen (secondary N) is 2. The monoisotopic (exact) mass is 332 g/mol. The topological polar surface area (TPSA) is 24.1 Å². The van der Waals surface area contributed by atoms with Gasteiger partial charge in [0.1, 0.15) is 0 Å². The lowest BCUT2D eigenvalue weighted by molar-refractivity contribution is 0.777. The molecule has 0 spiro atoms. The van der Waals surface area contributed by atoms with Crippen LogP contribution in [0.2, 0.25) is 5.02 Å². The maximum atomic E-state index is 6.10. The summed E-state index contributed by atoms with van der Waals surface area (Å²) in [7, 11) is 0. The lowest BCUT2D eigenvalue weighted by Gasteiger charge is -2.11. The molecule has 0 heterocycles. The normalized spacial score (nSPS) is 10.3. The molecule has 0 atom stereocenters. The number of aryl methyl sites for hydroxylation is 3. The van der Waals surface area contributed by atoms with Gasteiger partial charge < -0.3 is 10.6 Å². The van der Waals surface area contributed by atoms with Crippen LogP contribution in [0.25, 0.3) is 0 Å². The number of rotatable bonds is 5. The number of thiocarbonyl (C=S) groups is 1. The summed E-state index contributed by atoms with van der Waals surface area (Å²) in [5, 5.41) is 7.75. The molecular formula is C18H21ClN2S. The smallest absolute Gasteiger partial charge is 0.170 e. The van der Waals surface area contributed by atoms with Crippen molar-refractivity contribution in [3.05, 3.63) is 64.2 Å². The first-order chi connectivity index (χ1) is 10.5. The van der Waals surface area contributed by atoms with E-state index in [1.807, 2.05) is 25.1 Å². The van der Waals surface area contributed by atoms with Crippen LogP contribution in [0.4, 0.5) is 5.69 Å². The van der Waals surface area contributed by atoms with Crippen LogP contribution in [-0.2, 0) is 6.42 Å². The van der Waals surface area contributed by atoms with E-state index in [-0.39, 0.29) is 0 Å². The molecule has 2 aromatic rings. The summed E-state index contributed by atoms with van der Waals surface area (Å²) >= 11 is 11.4. The zero-order chi connectivity index (χ0) is 15.9. The van der Waals surface area contributed by atoms with Crippen molar-refractivity contribution in [2.75, 3.05) is 11.9 Å². The standard InChI is InChI=1S/C18H21ClN2S/c1-13-5-8-15(9-6-13)4-3-11-20-18(22)21-16-10-7-14(2)17(19)12-16/h5-10,12H,3-4,11H2,1-2H3,(H2,20,21,22). The lowest BCUT2D eigenvalue weighted by Crippen LogP contribution is -2.29. The third-order valence-corrected chi connectivity index (χ3v) is 4.13. The van der Waals surface area contributed by atoms with Crippen LogP contribution in [0.15, 0.2) is 42.5 Å². The minimum atomic E-state index is 0.629. The molecule has 0 bridgehead atoms. The molecule has 0 aliphatic heterocycles. The van der Waals surface area contributed by atoms with Crippen molar-refractivity contribution in [2.24, 2.45) is 0 Å². The highest BCUT2D eigenvalue weighted by Crippen LogP contribution is 2.19. The van der Waals surface area contributed by atoms with E-state index in [4.69, 9.17) is 23.8 Å². The van der Waals surface area contributed by atoms with Gasteiger partial charge in [0.2, 0.25) is 0 Å². The highest BCUT2D eigenvalue weighted by molar-refractivity contribution is 7.80. The average Bonchev–Trinajstić information content (AvgIpc) is 2.49. The van der Waals surface area contributed by atoms with Crippen LogP contribution in [0, 0.1) is 13.8 Å². The van der Waals surface area contributed by atoms with E-state index in [2.05, 4.69) is 41.8 Å². The second-order valence-electron chi connectivity index (χ2n) is 5.43. The van der Waals surface area contributed by atoms with Crippen LogP contribution < -0.4 is 10.6 Å². The highest BCUT2D eigenvalue weighted by Gasteiger charge is 2.00. The summed E-state index contributed by atoms with van der Waals surface area (Å²) in [5.41, 5.74) is 4.62. The van der Waals surface area contributed by atoms with Crippen LogP contribution >= 0.6 is 23.8 Å². The van der Waals surface area contributed by atoms with Crippen molar-refractivity contribution in [3.8, 4) is 0 Å². The van der Waals surface area contributed by atoms with Gasteiger partial charge in [0.15, 0.2) is 5.11 Å². The predicted octanol–water partition coefficient (Wildman–Crippen LogP) is 4.88. The number of hydrogen-bond acceptors (Lipinski definition) is 1. The Morgan fingerprint density at radius 3 is 2.50 bits per heavy atom. The zero-order valence-electron chi connectivity index (χ0n) is 12.9. The van der Waals surface area contributed by atoms with E-state index in [1.54, 1.807) is 0 Å². The molecule has 0 saturated heterocycles. The molecule has 0 saturated carbocycles. The lowest BCUT2D eigenvalue weighted by atomic mass is 10.1. The molecular weight excluding hydrogens is 312 g/mol. The van der Waals surface area contributed by atoms with Gasteiger partial charge in [-0.15, -0.1) is 0 Å². The Morgan fingerprint density at radius 1 is 1.09 bits per heavy atom. The van der Waals surface area contributed by atoms with Gasteiger partial charge in [0.05, 0.1) is 0 Å². The van der Waals surface area contributed by atoms with Gasteiger partial charge in [-0.2, -0.15) is 0 Å². The second-order valence-corrected chi connectivity index (χ2v) is 6.25. The van der Waals surface area contributed by atoms with Gasteiger partial charge >= 0.3 is 0 Å². The van der Waals surface area contributed by atoms with Crippen LogP contribution in [0.5, 0.6) is 0 Å². The van der Waals surface area contributed by atoms with E-state index in [0.717, 1.165) is 35.7 Å². The summed E-state index contributed by atoms with van der Waals surface area (Å²) in [5.74, 6) is 0. The fourth-order valence-corrected chi connectivity index (χ4v) is 2.50. The zero-order valence-corrected chi connectivity index (χ0v) is 14.5. The fraction of sp³-hybridized carbons (Fsp3) is 0.278. The molecule has 22 heavy (non-hydrogen) atoms. The minimum Gasteiger partial charge on any atom is -0.362 e. The Bertz CT molecular complexity index is 638. The molecule has 0 unspecified atom stereocenters. The molecule has 0 aliphatic carbocycles. The molecule has 0 aliphatic rings. The second kappa shape index (κ2) is 8.16. The molecule has 2 N–H and O–H groups in total. The Morgan fingerprint density at radius 2 is 1.82 bits per heavy atom. The van der Waals surface area contributed by atoms with Crippen molar-refractivity contribution in [1.29, 1.82) is 0 Å². The van der Waals surface area contributed by atoms with Gasteiger partial charge in [0, 0.05) is 17.3 Å². The minimum absolute atomic E-state index is 0.629. The molecule has 116 valence electrons. The number of halogens is 1. The Hall–Kier alpha value is -1.58. The molecule has 2 nitrogen and oxygen atoms in total. The van der Waals surface area contributed by atoms with E-state index >= 15 is 0 Å². The van der Waals surface area contributed by atoms with Crippen molar-refractivity contribution < 1.29 is 0 Å². The van der Waals surface area contributed by atoms with E-state index in [0.29, 0.717) is 5.11 Å². The third kappa shape index (κ3) is 5.32. The van der Waals surface area contributed by atoms with Crippen LogP contribution in [-0.4, -0.2) is 11.7 Å². The van der Waals surface area contributed by atoms with Crippen molar-refractivity contribution in [3.63, 3.8) is 0 Å². The summed E-state index contributed by atoms with van der Waals surface area (Å²) < 4.78 is 0. The van der Waals surface area contributed by atoms with Crippen molar-refractivity contribution in [1.82, 2.24) is 5.32 Å². The predicted molar refractivity (Wildman–Crippen MR) is 99.9 cm³/mol. The third-order valence-electron chi connectivity index (χ3n) is 3.48. The first kappa shape index (κ1) is 16.8. The molecule has 2 aromatic carbocycles. The first-order valence-electron chi connectivity index (χ1n) is 7.41. The average molecular weight is 333 g/mol. The largest absolute Gasteiger partial charge is 0.362 e. The van der Waals surface area contributed by atoms with Gasteiger partial charge in [-0.05, 0) is 62.2 Å². The number of anilines is 1. The quantitative estimate of drug-likeness (QED) is 0.603. The molecule has 0 radical (unpaired) electrons. The SMILES string of the molecule is Cc1ccc(CCCNC(=S)Nc2ccc(C)c(Cl)c2)cc1. The van der Waals surface area contributed by atoms with Crippen LogP contribution in [0.1, 0.15) is 23.1 Å².